The molecule has 2 rings (SSSR count). The second-order valence-corrected chi connectivity index (χ2v) is 6.07. The number of hydrogen-bond acceptors (Lipinski definition) is 4. The Morgan fingerprint density at radius 3 is 2.94 bits per heavy atom. The monoisotopic (exact) mass is 341 g/mol. The first-order valence-corrected chi connectivity index (χ1v) is 7.41. The van der Waals surface area contributed by atoms with Gasteiger partial charge in [-0.2, -0.15) is 0 Å². The lowest BCUT2D eigenvalue weighted by Gasteiger charge is -2.16. The fourth-order valence-electron chi connectivity index (χ4n) is 1.59. The molecule has 0 aliphatic heterocycles. The third kappa shape index (κ3) is 3.07. The van der Waals surface area contributed by atoms with Crippen LogP contribution in [0.2, 0.25) is 0 Å². The smallest absolute Gasteiger partial charge is 0.115 e. The summed E-state index contributed by atoms with van der Waals surface area (Å²) in [6.45, 7) is 2.06. The molecule has 0 saturated carbocycles. The van der Waals surface area contributed by atoms with Crippen molar-refractivity contribution < 1.29 is 0 Å². The van der Waals surface area contributed by atoms with E-state index >= 15 is 0 Å². The number of nitrogens with one attached hydrogen (secondary N) is 1. The number of nitrogens with two attached hydrogens (primary N) is 1. The summed E-state index contributed by atoms with van der Waals surface area (Å²) in [7, 11) is 0. The molecule has 1 atom stereocenters. The van der Waals surface area contributed by atoms with Gasteiger partial charge in [0.05, 0.1) is 6.04 Å². The Kier molecular flexibility index (Phi) is 4.31. The van der Waals surface area contributed by atoms with Crippen molar-refractivity contribution >= 4 is 50.2 Å². The molecular weight excluding hydrogens is 330 g/mol. The second kappa shape index (κ2) is 5.77. The fourth-order valence-corrected chi connectivity index (χ4v) is 2.78. The number of anilines is 1. The van der Waals surface area contributed by atoms with E-state index in [0.29, 0.717) is 4.99 Å². The van der Waals surface area contributed by atoms with Crippen LogP contribution in [0.25, 0.3) is 0 Å². The summed E-state index contributed by atoms with van der Waals surface area (Å²) >= 11 is 10.1. The number of benzene rings is 1. The van der Waals surface area contributed by atoms with Gasteiger partial charge in [0.15, 0.2) is 0 Å². The SMILES string of the molecule is CC(Nc1cc(Br)ccc1C(N)=S)c1nccs1. The molecule has 0 saturated heterocycles. The predicted octanol–water partition coefficient (Wildman–Crippen LogP) is 3.71. The van der Waals surface area contributed by atoms with Gasteiger partial charge in [-0.3, -0.25) is 0 Å². The molecule has 0 bridgehead atoms. The van der Waals surface area contributed by atoms with Gasteiger partial charge >= 0.3 is 0 Å². The normalized spacial score (nSPS) is 12.1. The highest BCUT2D eigenvalue weighted by molar-refractivity contribution is 9.10. The first-order chi connectivity index (χ1) is 8.58. The summed E-state index contributed by atoms with van der Waals surface area (Å²) in [5, 5.41) is 6.38. The van der Waals surface area contributed by atoms with E-state index in [0.717, 1.165) is 20.7 Å². The molecule has 2 aromatic rings. The highest BCUT2D eigenvalue weighted by Gasteiger charge is 2.12. The quantitative estimate of drug-likeness (QED) is 0.832. The Bertz CT molecular complexity index is 554. The van der Waals surface area contributed by atoms with Crippen molar-refractivity contribution in [2.45, 2.75) is 13.0 Å². The Labute approximate surface area is 124 Å². The third-order valence-electron chi connectivity index (χ3n) is 2.44. The first kappa shape index (κ1) is 13.5. The number of nitrogens with zero attached hydrogens (tertiary/aromatic N) is 1. The molecular formula is C12H12BrN3S2. The predicted molar refractivity (Wildman–Crippen MR) is 84.2 cm³/mol. The first-order valence-electron chi connectivity index (χ1n) is 5.33. The Morgan fingerprint density at radius 1 is 1.56 bits per heavy atom. The molecule has 3 nitrogen and oxygen atoms in total. The number of aromatic nitrogens is 1. The summed E-state index contributed by atoms with van der Waals surface area (Å²) in [6.07, 6.45) is 1.80. The molecule has 1 aromatic carbocycles. The molecule has 0 radical (unpaired) electrons. The van der Waals surface area contributed by atoms with Crippen molar-refractivity contribution in [1.29, 1.82) is 0 Å². The van der Waals surface area contributed by atoms with Crippen LogP contribution in [-0.4, -0.2) is 9.97 Å². The minimum Gasteiger partial charge on any atom is -0.389 e. The lowest BCUT2D eigenvalue weighted by Crippen LogP contribution is -2.15. The largest absolute Gasteiger partial charge is 0.389 e. The third-order valence-corrected chi connectivity index (χ3v) is 4.11. The van der Waals surface area contributed by atoms with E-state index in [2.05, 4.69) is 33.2 Å². The van der Waals surface area contributed by atoms with Gasteiger partial charge < -0.3 is 11.1 Å². The van der Waals surface area contributed by atoms with Crippen LogP contribution < -0.4 is 11.1 Å². The summed E-state index contributed by atoms with van der Waals surface area (Å²) in [5.74, 6) is 0. The topological polar surface area (TPSA) is 50.9 Å². The maximum Gasteiger partial charge on any atom is 0.115 e. The molecule has 0 spiro atoms. The summed E-state index contributed by atoms with van der Waals surface area (Å²) < 4.78 is 0.983. The molecule has 0 aliphatic carbocycles. The van der Waals surface area contributed by atoms with Gasteiger partial charge in [-0.25, -0.2) is 4.98 Å². The van der Waals surface area contributed by atoms with E-state index in [1.807, 2.05) is 23.6 Å². The number of halogens is 1. The molecule has 0 aliphatic rings. The maximum atomic E-state index is 5.72. The van der Waals surface area contributed by atoms with Crippen molar-refractivity contribution in [2.24, 2.45) is 5.73 Å². The van der Waals surface area contributed by atoms with Crippen LogP contribution in [0.4, 0.5) is 5.69 Å². The van der Waals surface area contributed by atoms with Crippen molar-refractivity contribution in [1.82, 2.24) is 4.98 Å². The van der Waals surface area contributed by atoms with E-state index < -0.39 is 0 Å². The molecule has 0 amide bonds. The summed E-state index contributed by atoms with van der Waals surface area (Å²) in [5.41, 5.74) is 7.48. The van der Waals surface area contributed by atoms with Gasteiger partial charge in [0.2, 0.25) is 0 Å². The Morgan fingerprint density at radius 2 is 2.33 bits per heavy atom. The van der Waals surface area contributed by atoms with Gasteiger partial charge in [0.25, 0.3) is 0 Å². The molecule has 0 fully saturated rings. The van der Waals surface area contributed by atoms with Crippen LogP contribution in [0.15, 0.2) is 34.2 Å². The summed E-state index contributed by atoms with van der Waals surface area (Å²) in [4.78, 5) is 4.67. The Balaban J connectivity index is 2.28. The van der Waals surface area contributed by atoms with Crippen LogP contribution in [0, 0.1) is 0 Å². The Hall–Kier alpha value is -0.980. The van der Waals surface area contributed by atoms with Gasteiger partial charge in [0, 0.05) is 27.3 Å². The van der Waals surface area contributed by atoms with Crippen molar-refractivity contribution in [3.63, 3.8) is 0 Å². The van der Waals surface area contributed by atoms with Crippen LogP contribution in [0.3, 0.4) is 0 Å². The standard InChI is InChI=1S/C12H12BrN3S2/c1-7(12-15-4-5-18-12)16-10-6-8(13)2-3-9(10)11(14)17/h2-7,16H,1H3,(H2,14,17). The molecule has 3 N–H and O–H groups in total. The van der Waals surface area contributed by atoms with E-state index in [1.54, 1.807) is 17.5 Å². The average molecular weight is 342 g/mol. The highest BCUT2D eigenvalue weighted by atomic mass is 79.9. The van der Waals surface area contributed by atoms with Crippen molar-refractivity contribution in [3.05, 3.63) is 44.8 Å². The fraction of sp³-hybridized carbons (Fsp3) is 0.167. The second-order valence-electron chi connectivity index (χ2n) is 3.79. The van der Waals surface area contributed by atoms with E-state index in [4.69, 9.17) is 18.0 Å². The van der Waals surface area contributed by atoms with Crippen LogP contribution in [0.1, 0.15) is 23.5 Å². The molecule has 1 unspecified atom stereocenters. The zero-order valence-electron chi connectivity index (χ0n) is 9.68. The molecule has 6 heteroatoms. The zero-order valence-corrected chi connectivity index (χ0v) is 12.9. The number of rotatable bonds is 4. The van der Waals surface area contributed by atoms with E-state index in [1.165, 1.54) is 0 Å². The number of thiazole rings is 1. The number of hydrogen-bond donors (Lipinski definition) is 2. The van der Waals surface area contributed by atoms with Gasteiger partial charge in [-0.1, -0.05) is 28.1 Å². The minimum atomic E-state index is 0.118. The highest BCUT2D eigenvalue weighted by Crippen LogP contribution is 2.26. The maximum absolute atomic E-state index is 5.72. The van der Waals surface area contributed by atoms with Gasteiger partial charge in [0.1, 0.15) is 10.00 Å². The van der Waals surface area contributed by atoms with Crippen molar-refractivity contribution in [2.75, 3.05) is 5.32 Å². The lowest BCUT2D eigenvalue weighted by atomic mass is 10.1. The number of thiocarbonyl (C=S) groups is 1. The molecule has 1 aromatic heterocycles. The molecule has 1 heterocycles. The average Bonchev–Trinajstić information content (AvgIpc) is 2.81. The van der Waals surface area contributed by atoms with Crippen molar-refractivity contribution in [3.8, 4) is 0 Å². The van der Waals surface area contributed by atoms with Gasteiger partial charge in [-0.15, -0.1) is 11.3 Å². The molecule has 94 valence electrons. The lowest BCUT2D eigenvalue weighted by molar-refractivity contribution is 0.869. The summed E-state index contributed by atoms with van der Waals surface area (Å²) in [6, 6.07) is 5.92. The van der Waals surface area contributed by atoms with E-state index in [9.17, 15) is 0 Å². The molecule has 18 heavy (non-hydrogen) atoms. The van der Waals surface area contributed by atoms with Gasteiger partial charge in [-0.05, 0) is 25.1 Å². The van der Waals surface area contributed by atoms with E-state index in [-0.39, 0.29) is 6.04 Å². The minimum absolute atomic E-state index is 0.118. The zero-order chi connectivity index (χ0) is 13.1. The van der Waals surface area contributed by atoms with Crippen LogP contribution >= 0.6 is 39.5 Å². The van der Waals surface area contributed by atoms with Crippen LogP contribution in [0.5, 0.6) is 0 Å². The van der Waals surface area contributed by atoms with Crippen LogP contribution in [-0.2, 0) is 0 Å².